The number of aromatic amines is 1. The van der Waals surface area contributed by atoms with Gasteiger partial charge in [0.25, 0.3) is 0 Å². The Morgan fingerprint density at radius 2 is 1.95 bits per heavy atom. The fourth-order valence-electron chi connectivity index (χ4n) is 1.78. The van der Waals surface area contributed by atoms with Crippen LogP contribution in [0.2, 0.25) is 0 Å². The van der Waals surface area contributed by atoms with Gasteiger partial charge in [0.2, 0.25) is 0 Å². The van der Waals surface area contributed by atoms with Crippen molar-refractivity contribution in [3.8, 4) is 23.8 Å². The fourth-order valence-corrected chi connectivity index (χ4v) is 1.78. The summed E-state index contributed by atoms with van der Waals surface area (Å²) in [4.78, 5) is 25.2. The molecule has 0 spiro atoms. The normalized spacial score (nSPS) is 9.95. The van der Waals surface area contributed by atoms with Crippen LogP contribution in [0.1, 0.15) is 19.4 Å². The highest BCUT2D eigenvalue weighted by molar-refractivity contribution is 5.92. The maximum Gasteiger partial charge on any atom is 0.308 e. The summed E-state index contributed by atoms with van der Waals surface area (Å²) < 4.78 is 10.1. The molecule has 5 heteroatoms. The van der Waals surface area contributed by atoms with Crippen LogP contribution in [0, 0.1) is 12.3 Å². The van der Waals surface area contributed by atoms with E-state index < -0.39 is 11.9 Å². The molecule has 0 saturated heterocycles. The smallest absolute Gasteiger partial charge is 0.308 e. The molecule has 1 N–H and O–H groups in total. The van der Waals surface area contributed by atoms with Crippen molar-refractivity contribution in [1.82, 2.24) is 4.98 Å². The first-order chi connectivity index (χ1) is 9.02. The highest BCUT2D eigenvalue weighted by Crippen LogP contribution is 2.37. The lowest BCUT2D eigenvalue weighted by Gasteiger charge is -2.11. The SMILES string of the molecule is C#Cc1c(OC(C)=O)c(OC(C)=O)cc2cc[nH]c12. The van der Waals surface area contributed by atoms with E-state index in [9.17, 15) is 9.59 Å². The van der Waals surface area contributed by atoms with Crippen LogP contribution in [0.4, 0.5) is 0 Å². The van der Waals surface area contributed by atoms with Gasteiger partial charge in [-0.1, -0.05) is 5.92 Å². The molecule has 0 bridgehead atoms. The number of esters is 2. The number of carbonyl (C=O) groups is 2. The molecule has 2 aromatic rings. The van der Waals surface area contributed by atoms with Crippen molar-refractivity contribution in [1.29, 1.82) is 0 Å². The summed E-state index contributed by atoms with van der Waals surface area (Å²) >= 11 is 0. The number of terminal acetylenes is 1. The van der Waals surface area contributed by atoms with Crippen molar-refractivity contribution in [2.24, 2.45) is 0 Å². The van der Waals surface area contributed by atoms with E-state index in [1.807, 2.05) is 0 Å². The van der Waals surface area contributed by atoms with Gasteiger partial charge in [-0.3, -0.25) is 9.59 Å². The number of hydrogen-bond acceptors (Lipinski definition) is 4. The van der Waals surface area contributed by atoms with Gasteiger partial charge in [0, 0.05) is 25.4 Å². The summed E-state index contributed by atoms with van der Waals surface area (Å²) in [5.74, 6) is 1.57. The van der Waals surface area contributed by atoms with Gasteiger partial charge in [-0.25, -0.2) is 0 Å². The lowest BCUT2D eigenvalue weighted by Crippen LogP contribution is -2.08. The maximum atomic E-state index is 11.2. The largest absolute Gasteiger partial charge is 0.423 e. The Morgan fingerprint density at radius 3 is 2.53 bits per heavy atom. The second-order valence-corrected chi connectivity index (χ2v) is 3.85. The van der Waals surface area contributed by atoms with Crippen molar-refractivity contribution < 1.29 is 19.1 Å². The quantitative estimate of drug-likeness (QED) is 0.507. The van der Waals surface area contributed by atoms with Crippen LogP contribution >= 0.6 is 0 Å². The van der Waals surface area contributed by atoms with Crippen LogP contribution in [0.5, 0.6) is 11.5 Å². The number of fused-ring (bicyclic) bond motifs is 1. The Kier molecular flexibility index (Phi) is 3.25. The van der Waals surface area contributed by atoms with Crippen molar-refractivity contribution in [2.75, 3.05) is 0 Å². The highest BCUT2D eigenvalue weighted by Gasteiger charge is 2.18. The van der Waals surface area contributed by atoms with Gasteiger partial charge in [-0.05, 0) is 12.1 Å². The number of carbonyl (C=O) groups excluding carboxylic acids is 2. The average Bonchev–Trinajstić information content (AvgIpc) is 2.76. The lowest BCUT2D eigenvalue weighted by molar-refractivity contribution is -0.134. The minimum Gasteiger partial charge on any atom is -0.423 e. The molecule has 0 aliphatic carbocycles. The third-order valence-electron chi connectivity index (χ3n) is 2.41. The second kappa shape index (κ2) is 4.86. The molecule has 1 aromatic carbocycles. The fraction of sp³-hybridized carbons (Fsp3) is 0.143. The van der Waals surface area contributed by atoms with Crippen LogP contribution < -0.4 is 9.47 Å². The van der Waals surface area contributed by atoms with Gasteiger partial charge in [-0.2, -0.15) is 0 Å². The molecule has 0 fully saturated rings. The number of H-pyrrole nitrogens is 1. The first-order valence-electron chi connectivity index (χ1n) is 5.50. The molecular formula is C14H11NO4. The number of nitrogens with one attached hydrogen (secondary N) is 1. The monoisotopic (exact) mass is 257 g/mol. The Morgan fingerprint density at radius 1 is 1.26 bits per heavy atom. The third-order valence-corrected chi connectivity index (χ3v) is 2.41. The van der Waals surface area contributed by atoms with Gasteiger partial charge in [0.1, 0.15) is 0 Å². The van der Waals surface area contributed by atoms with E-state index in [1.54, 1.807) is 18.3 Å². The summed E-state index contributed by atoms with van der Waals surface area (Å²) in [7, 11) is 0. The van der Waals surface area contributed by atoms with Crippen LogP contribution in [0.3, 0.4) is 0 Å². The van der Waals surface area contributed by atoms with E-state index in [2.05, 4.69) is 10.9 Å². The Bertz CT molecular complexity index is 706. The molecule has 5 nitrogen and oxygen atoms in total. The summed E-state index contributed by atoms with van der Waals surface area (Å²) in [6, 6.07) is 3.37. The lowest BCUT2D eigenvalue weighted by atomic mass is 10.1. The molecule has 0 saturated carbocycles. The van der Waals surface area contributed by atoms with E-state index in [1.165, 1.54) is 13.8 Å². The molecule has 2 rings (SSSR count). The molecule has 96 valence electrons. The minimum absolute atomic E-state index is 0.0696. The molecule has 1 aromatic heterocycles. The molecule has 0 aliphatic rings. The average molecular weight is 257 g/mol. The first kappa shape index (κ1) is 12.7. The maximum absolute atomic E-state index is 11.2. The molecule has 1 heterocycles. The zero-order chi connectivity index (χ0) is 14.0. The summed E-state index contributed by atoms with van der Waals surface area (Å²) in [5, 5.41) is 0.764. The van der Waals surface area contributed by atoms with E-state index >= 15 is 0 Å². The molecule has 0 aliphatic heterocycles. The highest BCUT2D eigenvalue weighted by atomic mass is 16.6. The summed E-state index contributed by atoms with van der Waals surface area (Å²) in [6.45, 7) is 2.51. The summed E-state index contributed by atoms with van der Waals surface area (Å²) in [5.41, 5.74) is 0.989. The van der Waals surface area contributed by atoms with E-state index in [0.29, 0.717) is 11.1 Å². The van der Waals surface area contributed by atoms with E-state index in [-0.39, 0.29) is 11.5 Å². The molecule has 0 amide bonds. The van der Waals surface area contributed by atoms with Crippen molar-refractivity contribution >= 4 is 22.8 Å². The zero-order valence-corrected chi connectivity index (χ0v) is 10.4. The second-order valence-electron chi connectivity index (χ2n) is 3.85. The minimum atomic E-state index is -0.546. The van der Waals surface area contributed by atoms with Gasteiger partial charge >= 0.3 is 11.9 Å². The van der Waals surface area contributed by atoms with Crippen molar-refractivity contribution in [2.45, 2.75) is 13.8 Å². The molecule has 0 unspecified atom stereocenters. The van der Waals surface area contributed by atoms with Crippen molar-refractivity contribution in [3.05, 3.63) is 23.9 Å². The summed E-state index contributed by atoms with van der Waals surface area (Å²) in [6.07, 6.45) is 7.14. The van der Waals surface area contributed by atoms with E-state index in [0.717, 1.165) is 5.39 Å². The van der Waals surface area contributed by atoms with Gasteiger partial charge in [0.15, 0.2) is 11.5 Å². The molecule has 0 radical (unpaired) electrons. The van der Waals surface area contributed by atoms with Gasteiger partial charge in [-0.15, -0.1) is 6.42 Å². The topological polar surface area (TPSA) is 68.4 Å². The Hall–Kier alpha value is -2.74. The Balaban J connectivity index is 2.72. The van der Waals surface area contributed by atoms with Crippen LogP contribution in [-0.4, -0.2) is 16.9 Å². The molecule has 0 atom stereocenters. The van der Waals surface area contributed by atoms with Crippen LogP contribution in [0.25, 0.3) is 10.9 Å². The third kappa shape index (κ3) is 2.43. The van der Waals surface area contributed by atoms with Crippen LogP contribution in [0.15, 0.2) is 18.3 Å². The number of rotatable bonds is 2. The predicted octanol–water partition coefficient (Wildman–Crippen LogP) is 2.00. The standard InChI is InChI=1S/C14H11NO4/c1-4-11-13-10(5-6-15-13)7-12(18-8(2)16)14(11)19-9(3)17/h1,5-7,15H,2-3H3. The molecule has 19 heavy (non-hydrogen) atoms. The zero-order valence-electron chi connectivity index (χ0n) is 10.4. The van der Waals surface area contributed by atoms with E-state index in [4.69, 9.17) is 15.9 Å². The van der Waals surface area contributed by atoms with Crippen LogP contribution in [-0.2, 0) is 9.59 Å². The number of aromatic nitrogens is 1. The number of hydrogen-bond donors (Lipinski definition) is 1. The first-order valence-corrected chi connectivity index (χ1v) is 5.50. The molecular weight excluding hydrogens is 246 g/mol. The number of ether oxygens (including phenoxy) is 2. The van der Waals surface area contributed by atoms with Crippen molar-refractivity contribution in [3.63, 3.8) is 0 Å². The predicted molar refractivity (Wildman–Crippen MR) is 68.9 cm³/mol. The van der Waals surface area contributed by atoms with Gasteiger partial charge < -0.3 is 14.5 Å². The number of benzene rings is 1. The van der Waals surface area contributed by atoms with Gasteiger partial charge in [0.05, 0.1) is 11.1 Å². The Labute approximate surface area is 109 Å².